The lowest BCUT2D eigenvalue weighted by Crippen LogP contribution is -2.40. The van der Waals surface area contributed by atoms with E-state index in [-0.39, 0.29) is 11.5 Å². The van der Waals surface area contributed by atoms with Crippen LogP contribution in [0.25, 0.3) is 17.3 Å². The van der Waals surface area contributed by atoms with Gasteiger partial charge in [0, 0.05) is 21.7 Å². The summed E-state index contributed by atoms with van der Waals surface area (Å²) in [5.41, 5.74) is 4.16. The Morgan fingerprint density at radius 1 is 1.05 bits per heavy atom. The van der Waals surface area contributed by atoms with E-state index >= 15 is 0 Å². The predicted octanol–water partition coefficient (Wildman–Crippen LogP) is 4.33. The van der Waals surface area contributed by atoms with Gasteiger partial charge in [-0.05, 0) is 36.6 Å². The second kappa shape index (κ2) is 9.61. The molecule has 1 atom stereocenters. The minimum absolute atomic E-state index is 0.195. The number of hydrogen-bond acceptors (Lipinski definition) is 6. The van der Waals surface area contributed by atoms with E-state index in [1.807, 2.05) is 91.2 Å². The second-order valence-corrected chi connectivity index (χ2v) is 10.5. The number of aromatic nitrogens is 3. The number of rotatable bonds is 5. The SMILES string of the molecule is CC1=C(C(=O)Nc2ccccc2)C(c2cccs2)n2c(s/c(=C/c3cn[nH]c3-c3ccccc3)c2=O)=N1. The van der Waals surface area contributed by atoms with E-state index in [1.165, 1.54) is 22.7 Å². The van der Waals surface area contributed by atoms with Crippen LogP contribution in [-0.2, 0) is 4.79 Å². The van der Waals surface area contributed by atoms with E-state index in [0.29, 0.717) is 26.3 Å². The fraction of sp³-hybridized carbons (Fsp3) is 0.0714. The Labute approximate surface area is 219 Å². The summed E-state index contributed by atoms with van der Waals surface area (Å²) in [6, 6.07) is 22.4. The van der Waals surface area contributed by atoms with Crippen LogP contribution in [0.1, 0.15) is 23.4 Å². The number of carbonyl (C=O) groups is 1. The third-order valence-electron chi connectivity index (χ3n) is 6.13. The van der Waals surface area contributed by atoms with E-state index in [4.69, 9.17) is 4.99 Å². The lowest BCUT2D eigenvalue weighted by molar-refractivity contribution is -0.113. The van der Waals surface area contributed by atoms with Gasteiger partial charge in [-0.1, -0.05) is 65.9 Å². The Kier molecular flexibility index (Phi) is 5.99. The molecule has 2 aromatic carbocycles. The van der Waals surface area contributed by atoms with Crippen molar-refractivity contribution in [2.45, 2.75) is 13.0 Å². The zero-order valence-electron chi connectivity index (χ0n) is 19.7. The summed E-state index contributed by atoms with van der Waals surface area (Å²) in [7, 11) is 0. The highest BCUT2D eigenvalue weighted by atomic mass is 32.1. The number of nitrogens with zero attached hydrogens (tertiary/aromatic N) is 3. The van der Waals surface area contributed by atoms with Crippen molar-refractivity contribution in [3.8, 4) is 11.3 Å². The molecule has 0 bridgehead atoms. The summed E-state index contributed by atoms with van der Waals surface area (Å²) in [6.45, 7) is 1.82. The van der Waals surface area contributed by atoms with Gasteiger partial charge >= 0.3 is 0 Å². The molecule has 1 unspecified atom stereocenters. The van der Waals surface area contributed by atoms with Gasteiger partial charge in [0.05, 0.1) is 27.7 Å². The van der Waals surface area contributed by atoms with Crippen LogP contribution < -0.4 is 20.2 Å². The number of amides is 1. The van der Waals surface area contributed by atoms with Crippen LogP contribution in [-0.4, -0.2) is 20.7 Å². The van der Waals surface area contributed by atoms with Crippen molar-refractivity contribution in [1.29, 1.82) is 0 Å². The second-order valence-electron chi connectivity index (χ2n) is 8.48. The maximum Gasteiger partial charge on any atom is 0.271 e. The van der Waals surface area contributed by atoms with Crippen LogP contribution in [0.4, 0.5) is 5.69 Å². The van der Waals surface area contributed by atoms with E-state index < -0.39 is 6.04 Å². The highest BCUT2D eigenvalue weighted by Gasteiger charge is 2.33. The number of para-hydroxylation sites is 1. The van der Waals surface area contributed by atoms with Crippen molar-refractivity contribution >= 4 is 40.3 Å². The van der Waals surface area contributed by atoms with Crippen LogP contribution in [0.3, 0.4) is 0 Å². The van der Waals surface area contributed by atoms with Crippen molar-refractivity contribution in [3.05, 3.63) is 126 Å². The first-order valence-corrected chi connectivity index (χ1v) is 13.3. The molecule has 6 rings (SSSR count). The van der Waals surface area contributed by atoms with Crippen molar-refractivity contribution in [2.75, 3.05) is 5.32 Å². The number of allylic oxidation sites excluding steroid dienone is 1. The van der Waals surface area contributed by atoms with Crippen molar-refractivity contribution in [3.63, 3.8) is 0 Å². The van der Waals surface area contributed by atoms with Gasteiger partial charge in [0.25, 0.3) is 11.5 Å². The Balaban J connectivity index is 1.48. The molecule has 0 aliphatic carbocycles. The number of H-pyrrole nitrogens is 1. The summed E-state index contributed by atoms with van der Waals surface area (Å²) >= 11 is 2.82. The first kappa shape index (κ1) is 23.1. The minimum Gasteiger partial charge on any atom is -0.322 e. The lowest BCUT2D eigenvalue weighted by atomic mass is 10.0. The number of anilines is 1. The molecule has 1 aliphatic rings. The molecule has 0 spiro atoms. The van der Waals surface area contributed by atoms with Gasteiger partial charge < -0.3 is 5.32 Å². The first-order chi connectivity index (χ1) is 18.1. The van der Waals surface area contributed by atoms with Gasteiger partial charge in [0.2, 0.25) is 0 Å². The topological polar surface area (TPSA) is 92.1 Å². The summed E-state index contributed by atoms with van der Waals surface area (Å²) in [4.78, 5) is 33.5. The molecule has 0 saturated heterocycles. The lowest BCUT2D eigenvalue weighted by Gasteiger charge is -2.24. The molecule has 0 saturated carbocycles. The number of thiophene rings is 1. The summed E-state index contributed by atoms with van der Waals surface area (Å²) in [6.07, 6.45) is 3.55. The summed E-state index contributed by atoms with van der Waals surface area (Å²) in [5, 5.41) is 12.2. The van der Waals surface area contributed by atoms with E-state index in [2.05, 4.69) is 15.5 Å². The normalized spacial score (nSPS) is 15.4. The number of aromatic amines is 1. The highest BCUT2D eigenvalue weighted by molar-refractivity contribution is 7.10. The van der Waals surface area contributed by atoms with Crippen LogP contribution >= 0.6 is 22.7 Å². The smallest absolute Gasteiger partial charge is 0.271 e. The molecule has 37 heavy (non-hydrogen) atoms. The third kappa shape index (κ3) is 4.28. The molecule has 1 aliphatic heterocycles. The van der Waals surface area contributed by atoms with Gasteiger partial charge in [-0.25, -0.2) is 4.99 Å². The highest BCUT2D eigenvalue weighted by Crippen LogP contribution is 2.33. The average Bonchev–Trinajstić information content (AvgIpc) is 3.66. The number of thiazole rings is 1. The molecular formula is C28H21N5O2S2. The molecule has 2 N–H and O–H groups in total. The molecule has 3 aromatic heterocycles. The maximum absolute atomic E-state index is 13.8. The summed E-state index contributed by atoms with van der Waals surface area (Å²) in [5.74, 6) is -0.277. The molecule has 7 nitrogen and oxygen atoms in total. The molecule has 0 radical (unpaired) electrons. The molecule has 4 heterocycles. The fourth-order valence-electron chi connectivity index (χ4n) is 4.43. The van der Waals surface area contributed by atoms with Crippen molar-refractivity contribution in [2.24, 2.45) is 4.99 Å². The van der Waals surface area contributed by atoms with Crippen LogP contribution in [0.2, 0.25) is 0 Å². The number of carbonyl (C=O) groups excluding carboxylic acids is 1. The molecule has 5 aromatic rings. The van der Waals surface area contributed by atoms with Gasteiger partial charge in [-0.3, -0.25) is 19.3 Å². The fourth-order valence-corrected chi connectivity index (χ4v) is 6.29. The number of fused-ring (bicyclic) bond motifs is 1. The van der Waals surface area contributed by atoms with Crippen LogP contribution in [0.15, 0.2) is 105 Å². The first-order valence-electron chi connectivity index (χ1n) is 11.6. The number of hydrogen-bond donors (Lipinski definition) is 2. The molecule has 0 fully saturated rings. The maximum atomic E-state index is 13.8. The van der Waals surface area contributed by atoms with Gasteiger partial charge in [0.1, 0.15) is 6.04 Å². The Bertz CT molecular complexity index is 1800. The zero-order chi connectivity index (χ0) is 25.4. The van der Waals surface area contributed by atoms with Crippen LogP contribution in [0, 0.1) is 0 Å². The van der Waals surface area contributed by atoms with E-state index in [0.717, 1.165) is 21.7 Å². The molecule has 9 heteroatoms. The molecule has 1 amide bonds. The summed E-state index contributed by atoms with van der Waals surface area (Å²) < 4.78 is 2.16. The molecular weight excluding hydrogens is 502 g/mol. The Hall–Kier alpha value is -4.34. The molecule has 182 valence electrons. The van der Waals surface area contributed by atoms with Crippen molar-refractivity contribution in [1.82, 2.24) is 14.8 Å². The van der Waals surface area contributed by atoms with E-state index in [9.17, 15) is 9.59 Å². The monoisotopic (exact) mass is 523 g/mol. The number of nitrogens with one attached hydrogen (secondary N) is 2. The Morgan fingerprint density at radius 3 is 2.54 bits per heavy atom. The predicted molar refractivity (Wildman–Crippen MR) is 147 cm³/mol. The average molecular weight is 524 g/mol. The quantitative estimate of drug-likeness (QED) is 0.359. The largest absolute Gasteiger partial charge is 0.322 e. The van der Waals surface area contributed by atoms with Gasteiger partial charge in [-0.15, -0.1) is 11.3 Å². The van der Waals surface area contributed by atoms with Gasteiger partial charge in [0.15, 0.2) is 4.80 Å². The number of benzene rings is 2. The van der Waals surface area contributed by atoms with Crippen LogP contribution in [0.5, 0.6) is 0 Å². The zero-order valence-corrected chi connectivity index (χ0v) is 21.3. The minimum atomic E-state index is -0.569. The van der Waals surface area contributed by atoms with Crippen molar-refractivity contribution < 1.29 is 4.79 Å². The standard InChI is InChI=1S/C28H21N5O2S2/c1-17-23(26(34)31-20-11-6-3-7-12-20)25(21-13-8-14-36-21)33-27(35)22(37-28(33)30-17)15-19-16-29-32-24(19)18-9-4-2-5-10-18/h2-16,25H,1H3,(H,29,32)(H,31,34)/b22-15+. The van der Waals surface area contributed by atoms with Gasteiger partial charge in [-0.2, -0.15) is 5.10 Å². The third-order valence-corrected chi connectivity index (χ3v) is 8.04. The Morgan fingerprint density at radius 2 is 1.81 bits per heavy atom. The van der Waals surface area contributed by atoms with E-state index in [1.54, 1.807) is 10.8 Å².